The number of hydrogen-bond acceptors (Lipinski definition) is 30. The maximum atomic E-state index is 13.1. The largest absolute Gasteiger partial charge is 0.475 e. The van der Waals surface area contributed by atoms with Gasteiger partial charge in [-0.2, -0.15) is 77.9 Å². The van der Waals surface area contributed by atoms with Crippen LogP contribution in [-0.2, 0) is 81.7 Å². The Hall–Kier alpha value is -14.5. The van der Waals surface area contributed by atoms with E-state index < -0.39 is 76.5 Å². The molecule has 0 atom stereocenters. The zero-order valence-corrected chi connectivity index (χ0v) is 72.3. The number of Topliss-reactive ketones (excluding diaryl/α,β-unsaturated/α-hetero) is 2. The standard InChI is InChI=1S/C20H17ClF3N3O4.C19H15ClF3N3O4.C18H16ClF3N2O4.C14H15ClN2O2.C6H10O3.4CO2.4CH4.B2/c1-3-9-30-18-14(5-4-8-25-18)31-15-10-12(6-7-13(15)21)27-17(28)11-16(20(22,23)24)26(2)19(27)29;1-2-8-29-17-13(4-3-7-24-17)30-14-9-11(5-6-12(14)20)26-16(27)10-15(19(21,22)23)25-18(26)28;1-2-8-27-17-13(4-3-7-23-17)28-14-9-11(5-6-12(14)19)24-16(26)10-15(25)18(20,21)22;1-2-8-18-14-12(4-3-7-17-14)19-13-9-10(16)5-6-11(13)15;1-3-9-6(8)4-5(2)7;4*2-1-3;;;;;1-2/h4-8,10-11H,3,9H2,1-2H3;3-7,9-10H,2,8H2,1H3,(H,25,28);3-7,9H,2,8,10H2,1H3,(H,24,26);3-7,9H,2,8,16H2,1H3;3-4H2,1-2H3;;;;;4*1H4;. The van der Waals surface area contributed by atoms with Crippen molar-refractivity contribution in [2.75, 3.05) is 44.1 Å². The first-order chi connectivity index (χ1) is 62.1. The maximum absolute atomic E-state index is 13.1. The van der Waals surface area contributed by atoms with Crippen LogP contribution in [-0.4, -0.2) is 141 Å². The number of benzene rings is 4. The molecule has 0 aliphatic rings. The van der Waals surface area contributed by atoms with E-state index in [0.717, 1.165) is 32.7 Å². The minimum absolute atomic E-state index is 0. The number of hydrogen-bond donors (Lipinski definition) is 3. The summed E-state index contributed by atoms with van der Waals surface area (Å²) >= 11 is 24.5. The highest BCUT2D eigenvalue weighted by Crippen LogP contribution is 2.40. The zero-order chi connectivity index (χ0) is 99.2. The van der Waals surface area contributed by atoms with Gasteiger partial charge in [0.2, 0.25) is 11.7 Å². The van der Waals surface area contributed by atoms with Gasteiger partial charge >= 0.3 is 60.5 Å². The van der Waals surface area contributed by atoms with E-state index in [1.54, 1.807) is 84.8 Å². The number of nitrogens with one attached hydrogen (secondary N) is 2. The number of pyridine rings is 4. The zero-order valence-electron chi connectivity index (χ0n) is 69.3. The summed E-state index contributed by atoms with van der Waals surface area (Å²) in [5, 5.41) is 3.16. The Morgan fingerprint density at radius 2 is 0.793 bits per heavy atom. The lowest BCUT2D eigenvalue weighted by Gasteiger charge is -2.15. The van der Waals surface area contributed by atoms with Crippen molar-refractivity contribution in [2.45, 2.75) is 128 Å². The number of rotatable bonds is 28. The molecule has 6 heterocycles. The number of halogens is 13. The van der Waals surface area contributed by atoms with Crippen LogP contribution in [0.5, 0.6) is 69.5 Å². The molecule has 50 heteroatoms. The van der Waals surface area contributed by atoms with Crippen molar-refractivity contribution in [1.82, 2.24) is 38.6 Å². The van der Waals surface area contributed by atoms with E-state index in [1.807, 2.05) is 27.7 Å². The molecule has 10 aromatic rings. The van der Waals surface area contributed by atoms with Crippen molar-refractivity contribution >= 4 is 121 Å². The monoisotopic (exact) mass is 1980 g/mol. The van der Waals surface area contributed by atoms with E-state index in [2.05, 4.69) is 45.5 Å². The number of amides is 1. The van der Waals surface area contributed by atoms with Gasteiger partial charge < -0.3 is 58.7 Å². The summed E-state index contributed by atoms with van der Waals surface area (Å²) in [6.45, 7) is 13.0. The number of aromatic amines is 1. The number of alkyl halides is 9. The molecule has 135 heavy (non-hydrogen) atoms. The van der Waals surface area contributed by atoms with Crippen molar-refractivity contribution in [1.29, 1.82) is 0 Å². The van der Waals surface area contributed by atoms with Gasteiger partial charge in [-0.25, -0.2) is 38.7 Å². The lowest BCUT2D eigenvalue weighted by molar-refractivity contribution is -0.193. The number of ether oxygens (including phenoxy) is 9. The summed E-state index contributed by atoms with van der Waals surface area (Å²) in [5.74, 6) is -0.749. The number of nitrogen functional groups attached to an aromatic ring is 1. The van der Waals surface area contributed by atoms with Crippen LogP contribution in [0.1, 0.15) is 121 Å². The molecule has 0 aliphatic carbocycles. The topological polar surface area (TPSA) is 476 Å². The molecule has 0 unspecified atom stereocenters. The highest BCUT2D eigenvalue weighted by molar-refractivity contribution is 6.75. The van der Waals surface area contributed by atoms with E-state index in [-0.39, 0.29) is 151 Å². The molecule has 1 amide bonds. The molecule has 0 aliphatic heterocycles. The average molecular weight is 1990 g/mol. The van der Waals surface area contributed by atoms with E-state index >= 15 is 0 Å². The van der Waals surface area contributed by atoms with Gasteiger partial charge in [-0.1, -0.05) is 104 Å². The number of nitrogens with two attached hydrogens (primary N) is 1. The summed E-state index contributed by atoms with van der Waals surface area (Å²) in [4.78, 5) is 175. The Kier molecular flexibility index (Phi) is 62.7. The summed E-state index contributed by atoms with van der Waals surface area (Å²) < 4.78 is 165. The smallest absolute Gasteiger partial charge is 0.450 e. The first-order valence-corrected chi connectivity index (χ1v) is 38.2. The molecule has 4 N–H and O–H groups in total. The molecule has 4 aromatic carbocycles. The molecule has 4 radical (unpaired) electrons. The number of anilines is 2. The number of nitrogens with zero attached hydrogens (tertiary/aromatic N) is 7. The molecular formula is C85H89B2Cl4F9N10O25. The molecule has 0 spiro atoms. The molecule has 35 nitrogen and oxygen atoms in total. The molecule has 0 fully saturated rings. The van der Waals surface area contributed by atoms with Gasteiger partial charge in [0.1, 0.15) is 46.6 Å². The number of carbonyl (C=O) groups is 4. The van der Waals surface area contributed by atoms with Crippen LogP contribution >= 0.6 is 46.4 Å². The predicted octanol–water partition coefficient (Wildman–Crippen LogP) is 17.0. The van der Waals surface area contributed by atoms with Crippen LogP contribution in [0.25, 0.3) is 11.4 Å². The predicted molar refractivity (Wildman–Crippen MR) is 472 cm³/mol. The highest BCUT2D eigenvalue weighted by Gasteiger charge is 2.40. The molecular weight excluding hydrogens is 1900 g/mol. The number of H-pyrrole nitrogens is 1. The van der Waals surface area contributed by atoms with E-state index in [9.17, 15) is 77.9 Å². The van der Waals surface area contributed by atoms with Crippen LogP contribution in [0.15, 0.2) is 177 Å². The summed E-state index contributed by atoms with van der Waals surface area (Å²) in [6, 6.07) is 30.8. The van der Waals surface area contributed by atoms with Crippen LogP contribution in [0.4, 0.5) is 50.9 Å². The first-order valence-electron chi connectivity index (χ1n) is 36.7. The Balaban J connectivity index is -0.000000784. The second-order valence-electron chi connectivity index (χ2n) is 24.0. The minimum Gasteiger partial charge on any atom is -0.475 e. The molecule has 0 saturated heterocycles. The normalized spacial score (nSPS) is 9.72. The lowest BCUT2D eigenvalue weighted by atomic mass is 9.81. The average Bonchev–Trinajstić information content (AvgIpc) is 0.843. The molecule has 6 aromatic heterocycles. The van der Waals surface area contributed by atoms with Crippen molar-refractivity contribution in [3.63, 3.8) is 0 Å². The number of aromatic nitrogens is 8. The first kappa shape index (κ1) is 127. The second-order valence-corrected chi connectivity index (χ2v) is 25.6. The summed E-state index contributed by atoms with van der Waals surface area (Å²) in [5.41, 5.74) is -1.15. The number of carbonyl (C=O) groups excluding carboxylic acids is 12. The Morgan fingerprint density at radius 3 is 1.12 bits per heavy atom. The fourth-order valence-electron chi connectivity index (χ4n) is 9.09. The Morgan fingerprint density at radius 1 is 0.459 bits per heavy atom. The Bertz CT molecular complexity index is 5720. The van der Waals surface area contributed by atoms with Crippen LogP contribution < -0.4 is 71.4 Å². The molecule has 0 bridgehead atoms. The van der Waals surface area contributed by atoms with Gasteiger partial charge in [-0.15, -0.1) is 0 Å². The second kappa shape index (κ2) is 66.8. The van der Waals surface area contributed by atoms with Gasteiger partial charge in [0.05, 0.1) is 70.9 Å². The van der Waals surface area contributed by atoms with Crippen molar-refractivity contribution in [3.05, 3.63) is 231 Å². The summed E-state index contributed by atoms with van der Waals surface area (Å²) in [6.07, 6.45) is -5.86. The minimum atomic E-state index is -5.07. The van der Waals surface area contributed by atoms with Crippen molar-refractivity contribution in [2.24, 2.45) is 7.05 Å². The van der Waals surface area contributed by atoms with Gasteiger partial charge in [-0.05, 0) is 137 Å². The molecule has 10 rings (SSSR count). The highest BCUT2D eigenvalue weighted by atomic mass is 35.5. The van der Waals surface area contributed by atoms with Gasteiger partial charge in [0, 0.05) is 95.1 Å². The number of ketones is 2. The van der Waals surface area contributed by atoms with E-state index in [4.69, 9.17) is 128 Å². The molecule has 0 saturated carbocycles. The van der Waals surface area contributed by atoms with Gasteiger partial charge in [0.15, 0.2) is 23.0 Å². The third kappa shape index (κ3) is 45.5. The third-order valence-corrected chi connectivity index (χ3v) is 15.5. The molecule has 726 valence electrons. The lowest BCUT2D eigenvalue weighted by Crippen LogP contribution is -2.40. The van der Waals surface area contributed by atoms with E-state index in [1.165, 1.54) is 80.1 Å². The van der Waals surface area contributed by atoms with Crippen molar-refractivity contribution < 1.29 is 140 Å². The fourth-order valence-corrected chi connectivity index (χ4v) is 9.71. The third-order valence-electron chi connectivity index (χ3n) is 14.3. The van der Waals surface area contributed by atoms with Crippen LogP contribution in [0.3, 0.4) is 0 Å². The van der Waals surface area contributed by atoms with Gasteiger partial charge in [-0.3, -0.25) is 33.3 Å². The SMILES string of the molecule is C.C.C.C.CCCOc1ncccc1Oc1cc(-n2c(=O)cc(C(F)(F)F)[nH]c2=O)ccc1Cl.CCCOc1ncccc1Oc1cc(-n2c(=O)cc(C(F)(F)F)n(C)c2=O)ccc1Cl.CCCOc1ncccc1Oc1cc(N)ccc1Cl.CCCOc1ncccc1Oc1cc(NC(=O)CC(=O)C(F)(F)F)ccc1Cl.CCOC(=O)CC(C)=O.O=C=O.O=C=O.O=C=O.O=C=O.[B][B]. The van der Waals surface area contributed by atoms with Crippen LogP contribution in [0, 0.1) is 0 Å². The van der Waals surface area contributed by atoms with E-state index in [0.29, 0.717) is 87.0 Å². The number of esters is 1. The Labute approximate surface area is 787 Å². The van der Waals surface area contributed by atoms with Gasteiger partial charge in [0.25, 0.3) is 34.6 Å². The van der Waals surface area contributed by atoms with Crippen LogP contribution in [0.2, 0.25) is 20.1 Å². The van der Waals surface area contributed by atoms with Crippen molar-refractivity contribution in [3.8, 4) is 80.9 Å². The quantitative estimate of drug-likeness (QED) is 0.0135. The summed E-state index contributed by atoms with van der Waals surface area (Å²) in [7, 11) is 8.93. The fraction of sp³-hybridized carbons (Fsp3) is 0.294. The maximum Gasteiger partial charge on any atom is 0.450 e.